The van der Waals surface area contributed by atoms with Gasteiger partial charge in [-0.1, -0.05) is 0 Å². The molecule has 9 nitrogen and oxygen atoms in total. The first kappa shape index (κ1) is 22.3. The van der Waals surface area contributed by atoms with Gasteiger partial charge in [0.25, 0.3) is 5.91 Å². The summed E-state index contributed by atoms with van der Waals surface area (Å²) in [5.74, 6) is 1.06. The molecule has 2 N–H and O–H groups in total. The second kappa shape index (κ2) is 11.1. The number of amides is 3. The van der Waals surface area contributed by atoms with Gasteiger partial charge in [-0.15, -0.1) is 11.3 Å². The minimum atomic E-state index is -0.301. The number of benzene rings is 1. The van der Waals surface area contributed by atoms with Crippen LogP contribution in [-0.2, 0) is 17.8 Å². The predicted octanol–water partition coefficient (Wildman–Crippen LogP) is 3.36. The fraction of sp³-hybridized carbons (Fsp3) is 0.286. The predicted molar refractivity (Wildman–Crippen MR) is 116 cm³/mol. The molecule has 10 heteroatoms. The molecule has 164 valence electrons. The van der Waals surface area contributed by atoms with Crippen molar-refractivity contribution >= 4 is 29.0 Å². The van der Waals surface area contributed by atoms with Crippen LogP contribution in [0.25, 0.3) is 0 Å². The minimum Gasteiger partial charge on any atom is -0.497 e. The van der Waals surface area contributed by atoms with Crippen LogP contribution in [0.5, 0.6) is 5.75 Å². The third-order valence-electron chi connectivity index (χ3n) is 4.31. The molecule has 2 aromatic heterocycles. The van der Waals surface area contributed by atoms with Crippen LogP contribution >= 0.6 is 11.3 Å². The smallest absolute Gasteiger partial charge is 0.322 e. The Hall–Kier alpha value is -3.37. The van der Waals surface area contributed by atoms with Crippen molar-refractivity contribution in [3.8, 4) is 5.75 Å². The van der Waals surface area contributed by atoms with Crippen LogP contribution in [0.2, 0.25) is 0 Å². The number of rotatable bonds is 10. The van der Waals surface area contributed by atoms with Crippen LogP contribution in [0, 0.1) is 0 Å². The quantitative estimate of drug-likeness (QED) is 0.497. The van der Waals surface area contributed by atoms with E-state index in [1.807, 2.05) is 0 Å². The van der Waals surface area contributed by atoms with Crippen LogP contribution in [0.3, 0.4) is 0 Å². The molecule has 31 heavy (non-hydrogen) atoms. The maximum Gasteiger partial charge on any atom is 0.322 e. The van der Waals surface area contributed by atoms with Gasteiger partial charge in [-0.05, 0) is 36.4 Å². The number of anilines is 1. The van der Waals surface area contributed by atoms with Crippen molar-refractivity contribution in [1.29, 1.82) is 0 Å². The number of carbonyl (C=O) groups is 2. The highest BCUT2D eigenvalue weighted by molar-refractivity contribution is 7.09. The van der Waals surface area contributed by atoms with Gasteiger partial charge in [0, 0.05) is 24.7 Å². The first-order valence-electron chi connectivity index (χ1n) is 9.53. The number of carbonyl (C=O) groups excluding carboxylic acids is 2. The lowest BCUT2D eigenvalue weighted by Crippen LogP contribution is -2.36. The summed E-state index contributed by atoms with van der Waals surface area (Å²) in [6, 6.07) is 10.3. The van der Waals surface area contributed by atoms with Crippen LogP contribution < -0.4 is 15.4 Å². The van der Waals surface area contributed by atoms with Gasteiger partial charge in [-0.2, -0.15) is 0 Å². The molecule has 3 aromatic rings. The average molecular weight is 445 g/mol. The molecule has 0 aliphatic rings. The van der Waals surface area contributed by atoms with E-state index >= 15 is 0 Å². The van der Waals surface area contributed by atoms with E-state index in [1.165, 1.54) is 11.3 Å². The van der Waals surface area contributed by atoms with Crippen LogP contribution in [0.4, 0.5) is 10.5 Å². The van der Waals surface area contributed by atoms with Gasteiger partial charge in [-0.3, -0.25) is 4.79 Å². The van der Waals surface area contributed by atoms with Crippen molar-refractivity contribution in [2.24, 2.45) is 0 Å². The zero-order chi connectivity index (χ0) is 22.1. The molecule has 2 heterocycles. The van der Waals surface area contributed by atoms with Crippen molar-refractivity contribution < 1.29 is 23.5 Å². The fourth-order valence-electron chi connectivity index (χ4n) is 2.65. The molecule has 0 aliphatic carbocycles. The van der Waals surface area contributed by atoms with Gasteiger partial charge in [0.05, 0.1) is 33.1 Å². The zero-order valence-electron chi connectivity index (χ0n) is 17.3. The number of nitrogens with one attached hydrogen (secondary N) is 2. The van der Waals surface area contributed by atoms with Crippen molar-refractivity contribution in [3.63, 3.8) is 0 Å². The first-order valence-corrected chi connectivity index (χ1v) is 10.4. The maximum absolute atomic E-state index is 12.8. The van der Waals surface area contributed by atoms with Crippen LogP contribution in [0.15, 0.2) is 52.5 Å². The summed E-state index contributed by atoms with van der Waals surface area (Å²) < 4.78 is 15.5. The van der Waals surface area contributed by atoms with E-state index in [2.05, 4.69) is 15.6 Å². The lowest BCUT2D eigenvalue weighted by atomic mass is 10.3. The molecule has 0 aliphatic heterocycles. The Morgan fingerprint density at radius 3 is 2.68 bits per heavy atom. The molecular weight excluding hydrogens is 420 g/mol. The monoisotopic (exact) mass is 444 g/mol. The maximum atomic E-state index is 12.8. The molecule has 3 rings (SSSR count). The molecule has 0 saturated heterocycles. The average Bonchev–Trinajstić information content (AvgIpc) is 3.47. The molecule has 0 saturated carbocycles. The minimum absolute atomic E-state index is 0.251. The number of thiazole rings is 1. The molecule has 0 spiro atoms. The second-order valence-corrected chi connectivity index (χ2v) is 7.40. The Labute approximate surface area is 184 Å². The summed E-state index contributed by atoms with van der Waals surface area (Å²) in [7, 11) is 3.16. The van der Waals surface area contributed by atoms with E-state index in [0.29, 0.717) is 41.1 Å². The second-order valence-electron chi connectivity index (χ2n) is 6.46. The molecule has 0 unspecified atom stereocenters. The third-order valence-corrected chi connectivity index (χ3v) is 5.14. The summed E-state index contributed by atoms with van der Waals surface area (Å²) in [6.45, 7) is 1.28. The molecule has 0 radical (unpaired) electrons. The third kappa shape index (κ3) is 6.56. The van der Waals surface area contributed by atoms with Crippen molar-refractivity contribution in [2.45, 2.75) is 13.1 Å². The summed E-state index contributed by atoms with van der Waals surface area (Å²) in [5, 5.41) is 7.92. The summed E-state index contributed by atoms with van der Waals surface area (Å²) in [5.41, 5.74) is 0.944. The highest BCUT2D eigenvalue weighted by Gasteiger charge is 2.18. The SMILES string of the molecule is COCCN(Cc1nc(C(=O)NCc2ccco2)cs1)C(=O)Nc1ccc(OC)cc1. The number of aromatic nitrogens is 1. The van der Waals surface area contributed by atoms with Gasteiger partial charge in [0.2, 0.25) is 0 Å². The molecule has 0 bridgehead atoms. The number of hydrogen-bond acceptors (Lipinski definition) is 7. The Bertz CT molecular complexity index is 972. The molecule has 1 aromatic carbocycles. The standard InChI is InChI=1S/C21H24N4O5S/c1-28-11-9-25(21(27)23-15-5-7-16(29-2)8-6-15)13-19-24-18(14-31-19)20(26)22-12-17-4-3-10-30-17/h3-8,10,14H,9,11-13H2,1-2H3,(H,22,26)(H,23,27). The summed E-state index contributed by atoms with van der Waals surface area (Å²) >= 11 is 1.32. The summed E-state index contributed by atoms with van der Waals surface area (Å²) in [6.07, 6.45) is 1.55. The van der Waals surface area contributed by atoms with Gasteiger partial charge < -0.3 is 29.4 Å². The van der Waals surface area contributed by atoms with Gasteiger partial charge >= 0.3 is 6.03 Å². The first-order chi connectivity index (χ1) is 15.1. The fourth-order valence-corrected chi connectivity index (χ4v) is 3.44. The van der Waals surface area contributed by atoms with E-state index in [4.69, 9.17) is 13.9 Å². The van der Waals surface area contributed by atoms with Gasteiger partial charge in [0.1, 0.15) is 22.2 Å². The Kier molecular flexibility index (Phi) is 8.02. The molecule has 0 fully saturated rings. The lowest BCUT2D eigenvalue weighted by Gasteiger charge is -2.21. The number of methoxy groups -OCH3 is 2. The highest BCUT2D eigenvalue weighted by atomic mass is 32.1. The van der Waals surface area contributed by atoms with Crippen molar-refractivity contribution in [1.82, 2.24) is 15.2 Å². The zero-order valence-corrected chi connectivity index (χ0v) is 18.1. The van der Waals surface area contributed by atoms with Crippen LogP contribution in [-0.4, -0.2) is 49.2 Å². The van der Waals surface area contributed by atoms with Crippen LogP contribution in [0.1, 0.15) is 21.3 Å². The number of hydrogen-bond donors (Lipinski definition) is 2. The van der Waals surface area contributed by atoms with Crippen molar-refractivity contribution in [2.75, 3.05) is 32.7 Å². The Morgan fingerprint density at radius 2 is 2.00 bits per heavy atom. The number of furan rings is 1. The van der Waals surface area contributed by atoms with E-state index in [9.17, 15) is 9.59 Å². The van der Waals surface area contributed by atoms with Crippen molar-refractivity contribution in [3.05, 3.63) is 64.5 Å². The van der Waals surface area contributed by atoms with E-state index < -0.39 is 0 Å². The molecule has 0 atom stereocenters. The Morgan fingerprint density at radius 1 is 1.19 bits per heavy atom. The van der Waals surface area contributed by atoms with E-state index in [0.717, 1.165) is 0 Å². The molecular formula is C21H24N4O5S. The number of urea groups is 1. The summed E-state index contributed by atoms with van der Waals surface area (Å²) in [4.78, 5) is 31.0. The normalized spacial score (nSPS) is 10.5. The lowest BCUT2D eigenvalue weighted by molar-refractivity contribution is 0.0943. The molecule has 3 amide bonds. The van der Waals surface area contributed by atoms with E-state index in [1.54, 1.807) is 67.2 Å². The number of nitrogens with zero attached hydrogens (tertiary/aromatic N) is 2. The van der Waals surface area contributed by atoms with Gasteiger partial charge in [-0.25, -0.2) is 9.78 Å². The van der Waals surface area contributed by atoms with E-state index in [-0.39, 0.29) is 25.0 Å². The largest absolute Gasteiger partial charge is 0.497 e. The Balaban J connectivity index is 1.60. The van der Waals surface area contributed by atoms with Gasteiger partial charge in [0.15, 0.2) is 0 Å². The topological polar surface area (TPSA) is 106 Å². The number of ether oxygens (including phenoxy) is 2. The highest BCUT2D eigenvalue weighted by Crippen LogP contribution is 2.17.